The quantitative estimate of drug-likeness (QED) is 0.450. The van der Waals surface area contributed by atoms with Crippen LogP contribution < -0.4 is 14.8 Å². The summed E-state index contributed by atoms with van der Waals surface area (Å²) in [6.45, 7) is 0.146. The minimum absolute atomic E-state index is 0.0592. The van der Waals surface area contributed by atoms with Gasteiger partial charge in [0.1, 0.15) is 23.7 Å². The summed E-state index contributed by atoms with van der Waals surface area (Å²) in [5, 5.41) is 2.80. The van der Waals surface area contributed by atoms with Gasteiger partial charge in [-0.25, -0.2) is 4.98 Å². The number of ether oxygens (including phenoxy) is 2. The van der Waals surface area contributed by atoms with Crippen LogP contribution >= 0.6 is 0 Å². The molecule has 0 atom stereocenters. The number of para-hydroxylation sites is 2. The number of halogens is 3. The van der Waals surface area contributed by atoms with E-state index in [1.165, 1.54) is 6.42 Å². The number of anilines is 2. The SMILES string of the molecule is FC(F)(F)c1cnc(OCc2ccccc2)nc1Nc1ccccc1OC1CCCCC1. The van der Waals surface area contributed by atoms with E-state index >= 15 is 0 Å². The van der Waals surface area contributed by atoms with E-state index in [0.29, 0.717) is 11.4 Å². The molecule has 1 aliphatic rings. The third-order valence-electron chi connectivity index (χ3n) is 5.27. The fraction of sp³-hybridized carbons (Fsp3) is 0.333. The third-order valence-corrected chi connectivity index (χ3v) is 5.27. The maximum Gasteiger partial charge on any atom is 0.421 e. The summed E-state index contributed by atoms with van der Waals surface area (Å²) in [6, 6.07) is 16.1. The smallest absolute Gasteiger partial charge is 0.421 e. The Bertz CT molecular complexity index is 1020. The minimum atomic E-state index is -4.63. The highest BCUT2D eigenvalue weighted by Crippen LogP contribution is 2.37. The summed E-state index contributed by atoms with van der Waals surface area (Å²) in [6.07, 6.45) is 1.41. The molecule has 3 aromatic rings. The molecule has 2 aromatic carbocycles. The first-order chi connectivity index (χ1) is 15.5. The highest BCUT2D eigenvalue weighted by atomic mass is 19.4. The molecule has 8 heteroatoms. The number of hydrogen-bond acceptors (Lipinski definition) is 5. The molecule has 0 spiro atoms. The number of hydrogen-bond donors (Lipinski definition) is 1. The molecule has 0 aliphatic heterocycles. The standard InChI is InChI=1S/C24H24F3N3O2/c25-24(26,27)19-15-28-23(31-16-17-9-3-1-4-10-17)30-22(19)29-20-13-7-8-14-21(20)32-18-11-5-2-6-12-18/h1,3-4,7-10,13-15,18H,2,5-6,11-12,16H2,(H,28,29,30). The second kappa shape index (κ2) is 9.89. The first-order valence-electron chi connectivity index (χ1n) is 10.6. The normalized spacial score (nSPS) is 14.7. The van der Waals surface area contributed by atoms with Gasteiger partial charge in [-0.3, -0.25) is 0 Å². The highest BCUT2D eigenvalue weighted by Gasteiger charge is 2.35. The Labute approximate surface area is 184 Å². The van der Waals surface area contributed by atoms with E-state index in [-0.39, 0.29) is 24.5 Å². The summed E-state index contributed by atoms with van der Waals surface area (Å²) >= 11 is 0. The van der Waals surface area contributed by atoms with Crippen LogP contribution in [0.2, 0.25) is 0 Å². The van der Waals surface area contributed by atoms with E-state index < -0.39 is 11.7 Å². The molecule has 0 amide bonds. The van der Waals surface area contributed by atoms with Crippen molar-refractivity contribution in [3.8, 4) is 11.8 Å². The Morgan fingerprint density at radius 3 is 2.41 bits per heavy atom. The Morgan fingerprint density at radius 1 is 0.938 bits per heavy atom. The number of rotatable bonds is 7. The Hall–Kier alpha value is -3.29. The van der Waals surface area contributed by atoms with E-state index in [1.807, 2.05) is 30.3 Å². The third kappa shape index (κ3) is 5.69. The lowest BCUT2D eigenvalue weighted by Crippen LogP contribution is -2.20. The van der Waals surface area contributed by atoms with E-state index in [1.54, 1.807) is 24.3 Å². The van der Waals surface area contributed by atoms with Crippen molar-refractivity contribution < 1.29 is 22.6 Å². The maximum atomic E-state index is 13.6. The lowest BCUT2D eigenvalue weighted by atomic mass is 9.98. The van der Waals surface area contributed by atoms with Gasteiger partial charge in [0.15, 0.2) is 0 Å². The Morgan fingerprint density at radius 2 is 1.66 bits per heavy atom. The van der Waals surface area contributed by atoms with Crippen LogP contribution in [0.5, 0.6) is 11.8 Å². The van der Waals surface area contributed by atoms with Crippen molar-refractivity contribution in [2.75, 3.05) is 5.32 Å². The largest absolute Gasteiger partial charge is 0.488 e. The monoisotopic (exact) mass is 443 g/mol. The van der Waals surface area contributed by atoms with Crippen molar-refractivity contribution in [1.29, 1.82) is 0 Å². The van der Waals surface area contributed by atoms with E-state index in [9.17, 15) is 13.2 Å². The van der Waals surface area contributed by atoms with E-state index in [4.69, 9.17) is 9.47 Å². The van der Waals surface area contributed by atoms with Gasteiger partial charge in [-0.1, -0.05) is 48.9 Å². The molecular formula is C24H24F3N3O2. The van der Waals surface area contributed by atoms with Gasteiger partial charge in [0, 0.05) is 6.20 Å². The van der Waals surface area contributed by atoms with Gasteiger partial charge < -0.3 is 14.8 Å². The average Bonchev–Trinajstić information content (AvgIpc) is 2.80. The number of benzene rings is 2. The Kier molecular flexibility index (Phi) is 6.78. The first kappa shape index (κ1) is 21.9. The zero-order chi connectivity index (χ0) is 22.4. The molecule has 1 aliphatic carbocycles. The maximum absolute atomic E-state index is 13.6. The van der Waals surface area contributed by atoms with Crippen molar-refractivity contribution in [1.82, 2.24) is 9.97 Å². The molecule has 32 heavy (non-hydrogen) atoms. The minimum Gasteiger partial charge on any atom is -0.488 e. The van der Waals surface area contributed by atoms with Crippen LogP contribution in [-0.2, 0) is 12.8 Å². The highest BCUT2D eigenvalue weighted by molar-refractivity contribution is 5.66. The number of aromatic nitrogens is 2. The molecule has 1 saturated carbocycles. The zero-order valence-corrected chi connectivity index (χ0v) is 17.4. The van der Waals surface area contributed by atoms with Gasteiger partial charge in [0.2, 0.25) is 0 Å². The second-order valence-corrected chi connectivity index (χ2v) is 7.69. The molecule has 1 heterocycles. The van der Waals surface area contributed by atoms with E-state index in [0.717, 1.165) is 37.4 Å². The lowest BCUT2D eigenvalue weighted by Gasteiger charge is -2.24. The summed E-state index contributed by atoms with van der Waals surface area (Å²) in [7, 11) is 0. The molecule has 0 radical (unpaired) electrons. The molecule has 1 N–H and O–H groups in total. The topological polar surface area (TPSA) is 56.3 Å². The molecule has 1 fully saturated rings. The molecule has 5 nitrogen and oxygen atoms in total. The van der Waals surface area contributed by atoms with Crippen LogP contribution in [0.3, 0.4) is 0 Å². The van der Waals surface area contributed by atoms with Gasteiger partial charge in [0.25, 0.3) is 0 Å². The number of nitrogens with zero attached hydrogens (tertiary/aromatic N) is 2. The van der Waals surface area contributed by atoms with Crippen molar-refractivity contribution in [2.24, 2.45) is 0 Å². The molecule has 0 saturated heterocycles. The number of alkyl halides is 3. The molecular weight excluding hydrogens is 419 g/mol. The van der Waals surface area contributed by atoms with Gasteiger partial charge in [0.05, 0.1) is 11.8 Å². The molecule has 0 unspecified atom stereocenters. The predicted molar refractivity (Wildman–Crippen MR) is 115 cm³/mol. The van der Waals surface area contributed by atoms with Crippen LogP contribution in [0.25, 0.3) is 0 Å². The van der Waals surface area contributed by atoms with Gasteiger partial charge in [-0.2, -0.15) is 18.2 Å². The van der Waals surface area contributed by atoms with Crippen LogP contribution in [0, 0.1) is 0 Å². The molecule has 0 bridgehead atoms. The van der Waals surface area contributed by atoms with Gasteiger partial charge in [-0.15, -0.1) is 0 Å². The second-order valence-electron chi connectivity index (χ2n) is 7.69. The van der Waals surface area contributed by atoms with E-state index in [2.05, 4.69) is 15.3 Å². The van der Waals surface area contributed by atoms with Crippen molar-refractivity contribution in [3.63, 3.8) is 0 Å². The lowest BCUT2D eigenvalue weighted by molar-refractivity contribution is -0.137. The van der Waals surface area contributed by atoms with Gasteiger partial charge >= 0.3 is 12.2 Å². The average molecular weight is 443 g/mol. The van der Waals surface area contributed by atoms with Crippen LogP contribution in [-0.4, -0.2) is 16.1 Å². The van der Waals surface area contributed by atoms with Crippen LogP contribution in [0.15, 0.2) is 60.8 Å². The fourth-order valence-corrected chi connectivity index (χ4v) is 3.62. The Balaban J connectivity index is 1.57. The van der Waals surface area contributed by atoms with Crippen LogP contribution in [0.4, 0.5) is 24.7 Å². The summed E-state index contributed by atoms with van der Waals surface area (Å²) < 4.78 is 52.5. The van der Waals surface area contributed by atoms with Crippen molar-refractivity contribution >= 4 is 11.5 Å². The molecule has 168 valence electrons. The fourth-order valence-electron chi connectivity index (χ4n) is 3.62. The predicted octanol–water partition coefficient (Wildman–Crippen LogP) is 6.53. The van der Waals surface area contributed by atoms with Crippen LogP contribution in [0.1, 0.15) is 43.2 Å². The first-order valence-corrected chi connectivity index (χ1v) is 10.6. The zero-order valence-electron chi connectivity index (χ0n) is 17.4. The number of nitrogens with one attached hydrogen (secondary N) is 1. The summed E-state index contributed by atoms with van der Waals surface area (Å²) in [4.78, 5) is 7.77. The van der Waals surface area contributed by atoms with Crippen molar-refractivity contribution in [3.05, 3.63) is 71.9 Å². The summed E-state index contributed by atoms with van der Waals surface area (Å²) in [5.41, 5.74) is 0.296. The molecule has 4 rings (SSSR count). The van der Waals surface area contributed by atoms with Gasteiger partial charge in [-0.05, 0) is 43.4 Å². The summed E-state index contributed by atoms with van der Waals surface area (Å²) in [5.74, 6) is 0.119. The van der Waals surface area contributed by atoms with Crippen molar-refractivity contribution in [2.45, 2.75) is 51.0 Å². The molecule has 1 aromatic heterocycles.